The molecule has 2 heterocycles. The van der Waals surface area contributed by atoms with Crippen molar-refractivity contribution < 1.29 is 0 Å². The lowest BCUT2D eigenvalue weighted by Gasteiger charge is -1.91. The predicted octanol–water partition coefficient (Wildman–Crippen LogP) is 1.43. The zero-order chi connectivity index (χ0) is 9.26. The molecule has 0 spiro atoms. The fourth-order valence-corrected chi connectivity index (χ4v) is 1.65. The molecule has 0 aliphatic heterocycles. The van der Waals surface area contributed by atoms with E-state index in [9.17, 15) is 0 Å². The van der Waals surface area contributed by atoms with E-state index < -0.39 is 0 Å². The van der Waals surface area contributed by atoms with E-state index >= 15 is 0 Å². The van der Waals surface area contributed by atoms with E-state index in [0.717, 1.165) is 0 Å². The standard InChI is InChI=1S/C8H2N4S/c9-3-6-7(4-10)12-8-5(11-6)1-2-13-8/h1-2H. The summed E-state index contributed by atoms with van der Waals surface area (Å²) >= 11 is 1.40. The molecule has 0 saturated carbocycles. The van der Waals surface area contributed by atoms with Gasteiger partial charge in [0.15, 0.2) is 11.4 Å². The normalized spacial score (nSPS) is 9.38. The number of hydrogen-bond acceptors (Lipinski definition) is 5. The summed E-state index contributed by atoms with van der Waals surface area (Å²) in [5, 5.41) is 19.1. The van der Waals surface area contributed by atoms with Crippen LogP contribution in [0.15, 0.2) is 11.4 Å². The van der Waals surface area contributed by atoms with Gasteiger partial charge in [-0.05, 0) is 11.4 Å². The molecule has 0 aliphatic carbocycles. The van der Waals surface area contributed by atoms with Gasteiger partial charge < -0.3 is 0 Å². The lowest BCUT2D eigenvalue weighted by atomic mass is 10.3. The summed E-state index contributed by atoms with van der Waals surface area (Å²) in [7, 11) is 0. The third-order valence-corrected chi connectivity index (χ3v) is 2.30. The average Bonchev–Trinajstić information content (AvgIpc) is 2.62. The van der Waals surface area contributed by atoms with Crippen LogP contribution in [0.2, 0.25) is 0 Å². The van der Waals surface area contributed by atoms with Crippen LogP contribution in [-0.2, 0) is 0 Å². The van der Waals surface area contributed by atoms with Gasteiger partial charge in [0.05, 0.1) is 0 Å². The van der Waals surface area contributed by atoms with Crippen LogP contribution in [0.5, 0.6) is 0 Å². The van der Waals surface area contributed by atoms with Crippen LogP contribution in [0.3, 0.4) is 0 Å². The van der Waals surface area contributed by atoms with Crippen molar-refractivity contribution in [3.8, 4) is 12.1 Å². The van der Waals surface area contributed by atoms with E-state index in [4.69, 9.17) is 10.5 Å². The maximum absolute atomic E-state index is 8.65. The molecular weight excluding hydrogens is 184 g/mol. The fourth-order valence-electron chi connectivity index (χ4n) is 0.947. The van der Waals surface area contributed by atoms with E-state index in [1.165, 1.54) is 11.3 Å². The van der Waals surface area contributed by atoms with Crippen molar-refractivity contribution in [1.82, 2.24) is 9.97 Å². The number of rotatable bonds is 0. The van der Waals surface area contributed by atoms with Gasteiger partial charge in [-0.2, -0.15) is 10.5 Å². The highest BCUT2D eigenvalue weighted by molar-refractivity contribution is 7.16. The van der Waals surface area contributed by atoms with Gasteiger partial charge in [0, 0.05) is 0 Å². The van der Waals surface area contributed by atoms with Crippen LogP contribution in [0.1, 0.15) is 11.4 Å². The van der Waals surface area contributed by atoms with E-state index in [2.05, 4.69) is 9.97 Å². The van der Waals surface area contributed by atoms with E-state index in [1.807, 2.05) is 17.5 Å². The second-order valence-electron chi connectivity index (χ2n) is 2.26. The molecule has 2 aromatic heterocycles. The second-order valence-corrected chi connectivity index (χ2v) is 3.15. The monoisotopic (exact) mass is 186 g/mol. The molecule has 60 valence electrons. The lowest BCUT2D eigenvalue weighted by Crippen LogP contribution is -1.92. The molecule has 0 saturated heterocycles. The molecule has 4 nitrogen and oxygen atoms in total. The Bertz CT molecular complexity index is 495. The number of nitriles is 2. The van der Waals surface area contributed by atoms with Gasteiger partial charge in [0.2, 0.25) is 0 Å². The zero-order valence-corrected chi connectivity index (χ0v) is 7.17. The highest BCUT2D eigenvalue weighted by Crippen LogP contribution is 2.17. The zero-order valence-electron chi connectivity index (χ0n) is 6.35. The van der Waals surface area contributed by atoms with E-state index in [0.29, 0.717) is 10.3 Å². The number of hydrogen-bond donors (Lipinski definition) is 0. The molecule has 0 bridgehead atoms. The Morgan fingerprint density at radius 2 is 1.85 bits per heavy atom. The van der Waals surface area contributed by atoms with Crippen molar-refractivity contribution in [3.63, 3.8) is 0 Å². The second kappa shape index (κ2) is 2.81. The summed E-state index contributed by atoms with van der Waals surface area (Å²) in [4.78, 5) is 8.68. The van der Waals surface area contributed by atoms with Crippen LogP contribution < -0.4 is 0 Å². The van der Waals surface area contributed by atoms with Crippen LogP contribution >= 0.6 is 11.3 Å². The van der Waals surface area contributed by atoms with Gasteiger partial charge in [-0.15, -0.1) is 11.3 Å². The van der Waals surface area contributed by atoms with Crippen molar-refractivity contribution in [2.45, 2.75) is 0 Å². The molecule has 0 radical (unpaired) electrons. The first-order chi connectivity index (χ1) is 6.35. The Morgan fingerprint density at radius 1 is 1.15 bits per heavy atom. The smallest absolute Gasteiger partial charge is 0.178 e. The number of fused-ring (bicyclic) bond motifs is 1. The Labute approximate surface area is 77.7 Å². The maximum atomic E-state index is 8.65. The van der Waals surface area contributed by atoms with Crippen molar-refractivity contribution in [2.75, 3.05) is 0 Å². The van der Waals surface area contributed by atoms with Crippen LogP contribution in [0.25, 0.3) is 10.3 Å². The molecule has 0 aliphatic rings. The SMILES string of the molecule is N#Cc1nc2ccsc2nc1C#N. The van der Waals surface area contributed by atoms with Crippen molar-refractivity contribution >= 4 is 21.7 Å². The Kier molecular flexibility index (Phi) is 1.66. The highest BCUT2D eigenvalue weighted by atomic mass is 32.1. The summed E-state index contributed by atoms with van der Waals surface area (Å²) in [6.07, 6.45) is 0. The quantitative estimate of drug-likeness (QED) is 0.623. The number of nitrogens with zero attached hydrogens (tertiary/aromatic N) is 4. The summed E-state index contributed by atoms with van der Waals surface area (Å²) in [5.74, 6) is 0. The lowest BCUT2D eigenvalue weighted by molar-refractivity contribution is 1.21. The van der Waals surface area contributed by atoms with E-state index in [-0.39, 0.29) is 11.4 Å². The average molecular weight is 186 g/mol. The predicted molar refractivity (Wildman–Crippen MR) is 46.8 cm³/mol. The van der Waals surface area contributed by atoms with E-state index in [1.54, 1.807) is 6.07 Å². The molecule has 0 N–H and O–H groups in total. The summed E-state index contributed by atoms with van der Waals surface area (Å²) in [5.41, 5.74) is 0.853. The first-order valence-electron chi connectivity index (χ1n) is 3.40. The molecule has 2 rings (SSSR count). The van der Waals surface area contributed by atoms with Crippen LogP contribution in [0, 0.1) is 22.7 Å². The fraction of sp³-hybridized carbons (Fsp3) is 0. The molecule has 13 heavy (non-hydrogen) atoms. The Hall–Kier alpha value is -1.98. The molecule has 5 heteroatoms. The molecule has 0 unspecified atom stereocenters. The van der Waals surface area contributed by atoms with Gasteiger partial charge in [0.25, 0.3) is 0 Å². The van der Waals surface area contributed by atoms with Crippen LogP contribution in [0.4, 0.5) is 0 Å². The first kappa shape index (κ1) is 7.66. The highest BCUT2D eigenvalue weighted by Gasteiger charge is 2.07. The summed E-state index contributed by atoms with van der Waals surface area (Å²) in [6, 6.07) is 5.45. The van der Waals surface area contributed by atoms with Crippen LogP contribution in [-0.4, -0.2) is 9.97 Å². The van der Waals surface area contributed by atoms with Gasteiger partial charge in [-0.1, -0.05) is 0 Å². The maximum Gasteiger partial charge on any atom is 0.178 e. The molecule has 0 amide bonds. The molecule has 2 aromatic rings. The topological polar surface area (TPSA) is 73.4 Å². The minimum Gasteiger partial charge on any atom is -0.232 e. The summed E-state index contributed by atoms with van der Waals surface area (Å²) < 4.78 is 0. The Morgan fingerprint density at radius 3 is 2.54 bits per heavy atom. The third-order valence-electron chi connectivity index (χ3n) is 1.51. The van der Waals surface area contributed by atoms with Crippen molar-refractivity contribution in [3.05, 3.63) is 22.8 Å². The van der Waals surface area contributed by atoms with Crippen molar-refractivity contribution in [2.24, 2.45) is 0 Å². The number of aromatic nitrogens is 2. The molecule has 0 fully saturated rings. The van der Waals surface area contributed by atoms with Gasteiger partial charge >= 0.3 is 0 Å². The molecular formula is C8H2N4S. The minimum absolute atomic E-state index is 0.0911. The minimum atomic E-state index is 0.0911. The molecule has 0 aromatic carbocycles. The Balaban J connectivity index is 2.85. The van der Waals surface area contributed by atoms with Gasteiger partial charge in [0.1, 0.15) is 22.5 Å². The van der Waals surface area contributed by atoms with Crippen molar-refractivity contribution in [1.29, 1.82) is 10.5 Å². The van der Waals surface area contributed by atoms with Gasteiger partial charge in [-0.3, -0.25) is 0 Å². The molecule has 0 atom stereocenters. The summed E-state index contributed by atoms with van der Waals surface area (Å²) in [6.45, 7) is 0. The number of thiophene rings is 1. The third kappa shape index (κ3) is 1.12. The first-order valence-corrected chi connectivity index (χ1v) is 4.28. The largest absolute Gasteiger partial charge is 0.232 e. The van der Waals surface area contributed by atoms with Gasteiger partial charge in [-0.25, -0.2) is 9.97 Å².